The Kier molecular flexibility index (Phi) is 6.10. The Balaban J connectivity index is 1.34. The van der Waals surface area contributed by atoms with Crippen LogP contribution >= 0.6 is 0 Å². The molecule has 0 saturated carbocycles. The molecule has 31 heavy (non-hydrogen) atoms. The Hall–Kier alpha value is -3.50. The van der Waals surface area contributed by atoms with Gasteiger partial charge in [-0.05, 0) is 24.1 Å². The van der Waals surface area contributed by atoms with Gasteiger partial charge < -0.3 is 15.4 Å². The Morgan fingerprint density at radius 1 is 1.19 bits per heavy atom. The molecule has 9 nitrogen and oxygen atoms in total. The molecule has 0 aliphatic rings. The zero-order valence-corrected chi connectivity index (χ0v) is 17.1. The van der Waals surface area contributed by atoms with E-state index in [4.69, 9.17) is 0 Å². The van der Waals surface area contributed by atoms with Crippen molar-refractivity contribution >= 4 is 23.9 Å². The lowest BCUT2D eigenvalue weighted by molar-refractivity contribution is -0.121. The highest BCUT2D eigenvalue weighted by Gasteiger charge is 2.25. The monoisotopic (exact) mass is 418 g/mol. The quantitative estimate of drug-likeness (QED) is 0.367. The van der Waals surface area contributed by atoms with Crippen LogP contribution in [-0.4, -0.2) is 53.8 Å². The maximum Gasteiger partial charge on any atom is 0.475 e. The van der Waals surface area contributed by atoms with E-state index in [-0.39, 0.29) is 18.7 Å². The average Bonchev–Trinajstić information content (AvgIpc) is 3.39. The first-order chi connectivity index (χ1) is 15.0. The number of nitrogens with zero attached hydrogens (tertiary/aromatic N) is 5. The maximum absolute atomic E-state index is 12.4. The van der Waals surface area contributed by atoms with Crippen LogP contribution in [0, 0.1) is 0 Å². The van der Waals surface area contributed by atoms with Gasteiger partial charge in [-0.3, -0.25) is 14.2 Å². The van der Waals surface area contributed by atoms with Gasteiger partial charge in [0, 0.05) is 24.4 Å². The van der Waals surface area contributed by atoms with Crippen LogP contribution in [0.3, 0.4) is 0 Å². The van der Waals surface area contributed by atoms with Gasteiger partial charge in [-0.25, -0.2) is 0 Å². The highest BCUT2D eigenvalue weighted by Crippen LogP contribution is 2.17. The lowest BCUT2D eigenvalue weighted by Gasteiger charge is -2.18. The standard InChI is InChI=1S/C21H23BN6O3/c1-27-19-8-7-15(11-17(19)13-23-27)12-20(22(30)31)24-21(29)9-10-28-14-18(25-26-28)16-5-3-2-4-6-16/h2-8,11,13-14,20,30-31H,9-10,12H2,1H3,(H,24,29)/t20-/m0/s1. The minimum Gasteiger partial charge on any atom is -0.426 e. The number of carbonyl (C=O) groups is 1. The molecule has 158 valence electrons. The molecular formula is C21H23BN6O3. The van der Waals surface area contributed by atoms with Crippen LogP contribution in [0.15, 0.2) is 60.9 Å². The molecule has 4 aromatic rings. The summed E-state index contributed by atoms with van der Waals surface area (Å²) in [4.78, 5) is 12.4. The minimum absolute atomic E-state index is 0.141. The molecule has 1 atom stereocenters. The molecule has 0 aliphatic carbocycles. The van der Waals surface area contributed by atoms with Gasteiger partial charge in [-0.15, -0.1) is 5.10 Å². The van der Waals surface area contributed by atoms with Gasteiger partial charge in [0.15, 0.2) is 0 Å². The summed E-state index contributed by atoms with van der Waals surface area (Å²) in [5, 5.41) is 35.6. The molecule has 0 aliphatic heterocycles. The van der Waals surface area contributed by atoms with Crippen molar-refractivity contribution < 1.29 is 14.8 Å². The molecule has 0 saturated heterocycles. The van der Waals surface area contributed by atoms with Crippen LogP contribution in [0.5, 0.6) is 0 Å². The summed E-state index contributed by atoms with van der Waals surface area (Å²) >= 11 is 0. The Labute approximate surface area is 179 Å². The van der Waals surface area contributed by atoms with Gasteiger partial charge in [0.1, 0.15) is 5.69 Å². The van der Waals surface area contributed by atoms with Crippen molar-refractivity contribution in [2.75, 3.05) is 0 Å². The Morgan fingerprint density at radius 2 is 2.00 bits per heavy atom. The van der Waals surface area contributed by atoms with Gasteiger partial charge in [0.25, 0.3) is 0 Å². The van der Waals surface area contributed by atoms with E-state index in [1.165, 1.54) is 0 Å². The second-order valence-corrected chi connectivity index (χ2v) is 7.44. The number of aromatic nitrogens is 5. The van der Waals surface area contributed by atoms with Gasteiger partial charge >= 0.3 is 7.12 Å². The molecule has 0 unspecified atom stereocenters. The fourth-order valence-electron chi connectivity index (χ4n) is 3.47. The third-order valence-electron chi connectivity index (χ3n) is 5.15. The Bertz CT molecular complexity index is 1170. The first kappa shape index (κ1) is 20.8. The van der Waals surface area contributed by atoms with Crippen LogP contribution < -0.4 is 5.32 Å². The molecular weight excluding hydrogens is 395 g/mol. The van der Waals surface area contributed by atoms with E-state index in [0.29, 0.717) is 6.54 Å². The molecule has 10 heteroatoms. The first-order valence-corrected chi connectivity index (χ1v) is 10.0. The van der Waals surface area contributed by atoms with Crippen molar-refractivity contribution in [2.24, 2.45) is 7.05 Å². The third-order valence-corrected chi connectivity index (χ3v) is 5.15. The van der Waals surface area contributed by atoms with E-state index in [0.717, 1.165) is 27.7 Å². The zero-order valence-electron chi connectivity index (χ0n) is 17.1. The second kappa shape index (κ2) is 9.11. The molecule has 2 heterocycles. The Morgan fingerprint density at radius 3 is 2.77 bits per heavy atom. The summed E-state index contributed by atoms with van der Waals surface area (Å²) in [6.45, 7) is 0.335. The topological polar surface area (TPSA) is 118 Å². The van der Waals surface area contributed by atoms with Crippen molar-refractivity contribution in [3.05, 3.63) is 66.5 Å². The van der Waals surface area contributed by atoms with Crippen LogP contribution in [-0.2, 0) is 24.8 Å². The number of hydrogen-bond acceptors (Lipinski definition) is 6. The van der Waals surface area contributed by atoms with Crippen LogP contribution in [0.2, 0.25) is 0 Å². The smallest absolute Gasteiger partial charge is 0.426 e. The van der Waals surface area contributed by atoms with Gasteiger partial charge in [-0.2, -0.15) is 5.10 Å². The van der Waals surface area contributed by atoms with Gasteiger partial charge in [0.2, 0.25) is 5.91 Å². The van der Waals surface area contributed by atoms with E-state index in [1.807, 2.05) is 55.6 Å². The molecule has 2 aromatic heterocycles. The normalized spacial score (nSPS) is 12.1. The van der Waals surface area contributed by atoms with Crippen molar-refractivity contribution in [3.8, 4) is 11.3 Å². The summed E-state index contributed by atoms with van der Waals surface area (Å²) in [5.41, 5.74) is 3.54. The summed E-state index contributed by atoms with van der Waals surface area (Å²) < 4.78 is 3.37. The number of carbonyl (C=O) groups excluding carboxylic acids is 1. The van der Waals surface area contributed by atoms with Gasteiger partial charge in [0.05, 0.1) is 30.4 Å². The molecule has 0 fully saturated rings. The van der Waals surface area contributed by atoms with Crippen LogP contribution in [0.4, 0.5) is 0 Å². The van der Waals surface area contributed by atoms with Crippen LogP contribution in [0.25, 0.3) is 22.2 Å². The maximum atomic E-state index is 12.4. The lowest BCUT2D eigenvalue weighted by Crippen LogP contribution is -2.48. The van der Waals surface area contributed by atoms with E-state index >= 15 is 0 Å². The second-order valence-electron chi connectivity index (χ2n) is 7.44. The number of fused-ring (bicyclic) bond motifs is 1. The third kappa shape index (κ3) is 4.98. The summed E-state index contributed by atoms with van der Waals surface area (Å²) in [7, 11) is 0.185. The first-order valence-electron chi connectivity index (χ1n) is 10.0. The van der Waals surface area contributed by atoms with Crippen molar-refractivity contribution in [3.63, 3.8) is 0 Å². The summed E-state index contributed by atoms with van der Waals surface area (Å²) in [6, 6.07) is 15.4. The number of hydrogen-bond donors (Lipinski definition) is 3. The highest BCUT2D eigenvalue weighted by molar-refractivity contribution is 6.43. The molecule has 2 aromatic carbocycles. The highest BCUT2D eigenvalue weighted by atomic mass is 16.4. The summed E-state index contributed by atoms with van der Waals surface area (Å²) in [6.07, 6.45) is 3.96. The number of benzene rings is 2. The van der Waals surface area contributed by atoms with Crippen molar-refractivity contribution in [1.82, 2.24) is 30.1 Å². The van der Waals surface area contributed by atoms with Crippen LogP contribution in [0.1, 0.15) is 12.0 Å². The number of aryl methyl sites for hydroxylation is 2. The number of rotatable bonds is 8. The number of amides is 1. The molecule has 0 bridgehead atoms. The van der Waals surface area contributed by atoms with E-state index in [1.54, 1.807) is 21.8 Å². The zero-order chi connectivity index (χ0) is 21.8. The summed E-state index contributed by atoms with van der Waals surface area (Å²) in [5.74, 6) is -1.12. The minimum atomic E-state index is -1.68. The van der Waals surface area contributed by atoms with Gasteiger partial charge in [-0.1, -0.05) is 41.6 Å². The number of nitrogens with one attached hydrogen (secondary N) is 1. The van der Waals surface area contributed by atoms with E-state index in [2.05, 4.69) is 20.7 Å². The SMILES string of the molecule is Cn1ncc2cc(C[C@H](NC(=O)CCn3cc(-c4ccccc4)nn3)B(O)O)ccc21. The molecule has 0 radical (unpaired) electrons. The lowest BCUT2D eigenvalue weighted by atomic mass is 9.75. The molecule has 4 rings (SSSR count). The fourth-order valence-corrected chi connectivity index (χ4v) is 3.47. The fraction of sp³-hybridized carbons (Fsp3) is 0.238. The largest absolute Gasteiger partial charge is 0.475 e. The van der Waals surface area contributed by atoms with E-state index < -0.39 is 13.1 Å². The average molecular weight is 418 g/mol. The molecule has 3 N–H and O–H groups in total. The van der Waals surface area contributed by atoms with Crippen molar-refractivity contribution in [1.29, 1.82) is 0 Å². The molecule has 0 spiro atoms. The predicted molar refractivity (Wildman–Crippen MR) is 117 cm³/mol. The molecule has 1 amide bonds. The predicted octanol–water partition coefficient (Wildman–Crippen LogP) is 0.961. The van der Waals surface area contributed by atoms with Crippen molar-refractivity contribution in [2.45, 2.75) is 25.3 Å². The van der Waals surface area contributed by atoms with E-state index in [9.17, 15) is 14.8 Å².